The van der Waals surface area contributed by atoms with E-state index >= 15 is 0 Å². The molecule has 2 aromatic rings. The maximum Gasteiger partial charge on any atom is 0.311 e. The van der Waals surface area contributed by atoms with Gasteiger partial charge in [0, 0.05) is 36.3 Å². The average molecular weight is 328 g/mol. The zero-order valence-corrected chi connectivity index (χ0v) is 14.1. The summed E-state index contributed by atoms with van der Waals surface area (Å²) in [5.74, 6) is -1.16. The Morgan fingerprint density at radius 3 is 2.96 bits per heavy atom. The molecule has 1 aliphatic rings. The molecule has 3 rings (SSSR count). The molecule has 1 atom stereocenters. The van der Waals surface area contributed by atoms with Crippen molar-refractivity contribution in [2.24, 2.45) is 5.92 Å². The summed E-state index contributed by atoms with van der Waals surface area (Å²) >= 11 is 1.68. The van der Waals surface area contributed by atoms with E-state index in [1.54, 1.807) is 17.4 Å². The molecule has 23 heavy (non-hydrogen) atoms. The quantitative estimate of drug-likeness (QED) is 0.873. The topological polar surface area (TPSA) is 53.4 Å². The van der Waals surface area contributed by atoms with Crippen LogP contribution in [0.3, 0.4) is 0 Å². The van der Waals surface area contributed by atoms with Crippen LogP contribution < -0.4 is 0 Å². The predicted molar refractivity (Wildman–Crippen MR) is 92.6 cm³/mol. The zero-order valence-electron chi connectivity index (χ0n) is 13.3. The van der Waals surface area contributed by atoms with E-state index in [2.05, 4.69) is 41.9 Å². The van der Waals surface area contributed by atoms with Crippen molar-refractivity contribution >= 4 is 17.3 Å². The Kier molecular flexibility index (Phi) is 4.59. The lowest BCUT2D eigenvalue weighted by molar-refractivity contribution is -0.140. The van der Waals surface area contributed by atoms with Gasteiger partial charge in [-0.3, -0.25) is 9.69 Å². The Morgan fingerprint density at radius 1 is 1.39 bits per heavy atom. The molecule has 0 saturated heterocycles. The molecule has 0 amide bonds. The molecule has 5 heteroatoms. The normalized spacial score (nSPS) is 18.3. The van der Waals surface area contributed by atoms with E-state index in [0.29, 0.717) is 6.54 Å². The van der Waals surface area contributed by atoms with Gasteiger partial charge in [-0.2, -0.15) is 0 Å². The van der Waals surface area contributed by atoms with Crippen LogP contribution in [0.1, 0.15) is 16.0 Å². The smallest absolute Gasteiger partial charge is 0.311 e. The number of rotatable bonds is 4. The van der Waals surface area contributed by atoms with Gasteiger partial charge in [-0.15, -0.1) is 11.3 Å². The highest BCUT2D eigenvalue weighted by atomic mass is 32.1. The number of aliphatic carboxylic acids is 1. The summed E-state index contributed by atoms with van der Waals surface area (Å²) < 4.78 is 0. The summed E-state index contributed by atoms with van der Waals surface area (Å²) in [6.45, 7) is 6.31. The second-order valence-corrected chi connectivity index (χ2v) is 7.11. The number of benzene rings is 1. The minimum Gasteiger partial charge on any atom is -0.481 e. The van der Waals surface area contributed by atoms with Gasteiger partial charge in [0.2, 0.25) is 0 Å². The van der Waals surface area contributed by atoms with Crippen molar-refractivity contribution in [2.45, 2.75) is 20.4 Å². The highest BCUT2D eigenvalue weighted by Gasteiger charge is 2.21. The van der Waals surface area contributed by atoms with E-state index in [9.17, 15) is 4.79 Å². The van der Waals surface area contributed by atoms with Crippen LogP contribution in [0.15, 0.2) is 36.5 Å². The third kappa shape index (κ3) is 3.68. The number of hydrogen-bond donors (Lipinski definition) is 1. The third-order valence-corrected chi connectivity index (χ3v) is 5.22. The number of nitrogens with zero attached hydrogens (tertiary/aromatic N) is 2. The van der Waals surface area contributed by atoms with Gasteiger partial charge < -0.3 is 5.11 Å². The van der Waals surface area contributed by atoms with Crippen LogP contribution >= 0.6 is 11.3 Å². The van der Waals surface area contributed by atoms with E-state index in [4.69, 9.17) is 5.11 Å². The molecule has 0 aliphatic carbocycles. The molecule has 0 radical (unpaired) electrons. The lowest BCUT2D eigenvalue weighted by Gasteiger charge is -2.25. The highest BCUT2D eigenvalue weighted by Crippen LogP contribution is 2.28. The molecule has 0 saturated carbocycles. The molecular weight excluding hydrogens is 308 g/mol. The number of aryl methyl sites for hydroxylation is 2. The van der Waals surface area contributed by atoms with E-state index < -0.39 is 11.9 Å². The third-order valence-electron chi connectivity index (χ3n) is 4.19. The number of carboxylic acid groups (broad SMARTS) is 1. The maximum atomic E-state index is 11.1. The second kappa shape index (κ2) is 6.64. The Hall–Kier alpha value is -1.98. The summed E-state index contributed by atoms with van der Waals surface area (Å²) in [6.07, 6.45) is 5.63. The Morgan fingerprint density at radius 2 is 2.22 bits per heavy atom. The first-order valence-electron chi connectivity index (χ1n) is 7.67. The molecule has 1 aliphatic heterocycles. The van der Waals surface area contributed by atoms with Crippen molar-refractivity contribution in [3.8, 4) is 10.6 Å². The minimum absolute atomic E-state index is 0.407. The molecule has 120 valence electrons. The standard InChI is InChI=1S/C18H20N2O2S/c1-12-5-6-14(8-13(12)2)17-19-9-16(23-17)11-20-7-3-4-15(10-20)18(21)22/h3-6,8-9,15H,7,10-11H2,1-2H3,(H,21,22). The summed E-state index contributed by atoms with van der Waals surface area (Å²) in [7, 11) is 0. The van der Waals surface area contributed by atoms with Crippen LogP contribution in [0.2, 0.25) is 0 Å². The van der Waals surface area contributed by atoms with Gasteiger partial charge in [-0.25, -0.2) is 4.98 Å². The Labute approximate surface area is 140 Å². The van der Waals surface area contributed by atoms with E-state index in [0.717, 1.165) is 28.5 Å². The molecule has 1 aromatic heterocycles. The average Bonchev–Trinajstić information content (AvgIpc) is 2.99. The largest absolute Gasteiger partial charge is 0.481 e. The maximum absolute atomic E-state index is 11.1. The van der Waals surface area contributed by atoms with E-state index in [-0.39, 0.29) is 0 Å². The van der Waals surface area contributed by atoms with Gasteiger partial charge in [-0.1, -0.05) is 24.3 Å². The van der Waals surface area contributed by atoms with Crippen molar-refractivity contribution < 1.29 is 9.90 Å². The monoisotopic (exact) mass is 328 g/mol. The summed E-state index contributed by atoms with van der Waals surface area (Å²) in [5, 5.41) is 10.2. The zero-order chi connectivity index (χ0) is 16.4. The molecule has 1 N–H and O–H groups in total. The second-order valence-electron chi connectivity index (χ2n) is 6.00. The number of carboxylic acids is 1. The lowest BCUT2D eigenvalue weighted by atomic mass is 10.1. The fourth-order valence-corrected chi connectivity index (χ4v) is 3.64. The fraction of sp³-hybridized carbons (Fsp3) is 0.333. The summed E-state index contributed by atoms with van der Waals surface area (Å²) in [5.41, 5.74) is 3.70. The van der Waals surface area contributed by atoms with Crippen LogP contribution in [-0.4, -0.2) is 34.0 Å². The van der Waals surface area contributed by atoms with E-state index in [1.807, 2.05) is 12.3 Å². The molecule has 4 nitrogen and oxygen atoms in total. The first-order valence-corrected chi connectivity index (χ1v) is 8.49. The fourth-order valence-electron chi connectivity index (χ4n) is 2.69. The SMILES string of the molecule is Cc1ccc(-c2ncc(CN3CC=CC(C(=O)O)C3)s2)cc1C. The van der Waals surface area contributed by atoms with Gasteiger partial charge in [0.15, 0.2) is 0 Å². The van der Waals surface area contributed by atoms with Crippen molar-refractivity contribution in [1.82, 2.24) is 9.88 Å². The first-order chi connectivity index (χ1) is 11.0. The first kappa shape index (κ1) is 15.9. The molecule has 2 heterocycles. The molecular formula is C18H20N2O2S. The molecule has 0 bridgehead atoms. The summed E-state index contributed by atoms with van der Waals surface area (Å²) in [6, 6.07) is 6.40. The van der Waals surface area contributed by atoms with Crippen molar-refractivity contribution in [2.75, 3.05) is 13.1 Å². The van der Waals surface area contributed by atoms with Gasteiger partial charge in [0.25, 0.3) is 0 Å². The Balaban J connectivity index is 1.71. The van der Waals surface area contributed by atoms with Gasteiger partial charge in [-0.05, 0) is 31.0 Å². The number of carbonyl (C=O) groups is 1. The van der Waals surface area contributed by atoms with Crippen LogP contribution in [-0.2, 0) is 11.3 Å². The number of hydrogen-bond acceptors (Lipinski definition) is 4. The minimum atomic E-state index is -0.758. The molecule has 0 spiro atoms. The van der Waals surface area contributed by atoms with Crippen LogP contribution in [0.25, 0.3) is 10.6 Å². The molecule has 1 unspecified atom stereocenters. The van der Waals surface area contributed by atoms with Crippen LogP contribution in [0.5, 0.6) is 0 Å². The highest BCUT2D eigenvalue weighted by molar-refractivity contribution is 7.15. The number of aromatic nitrogens is 1. The van der Waals surface area contributed by atoms with Gasteiger partial charge in [0.1, 0.15) is 5.01 Å². The van der Waals surface area contributed by atoms with Crippen LogP contribution in [0.4, 0.5) is 0 Å². The van der Waals surface area contributed by atoms with Gasteiger partial charge >= 0.3 is 5.97 Å². The van der Waals surface area contributed by atoms with E-state index in [1.165, 1.54) is 11.1 Å². The predicted octanol–water partition coefficient (Wildman–Crippen LogP) is 3.50. The van der Waals surface area contributed by atoms with Crippen molar-refractivity contribution in [3.63, 3.8) is 0 Å². The molecule has 0 fully saturated rings. The lowest BCUT2D eigenvalue weighted by Crippen LogP contribution is -2.35. The Bertz CT molecular complexity index is 751. The van der Waals surface area contributed by atoms with Crippen LogP contribution in [0, 0.1) is 19.8 Å². The summed E-state index contributed by atoms with van der Waals surface area (Å²) in [4.78, 5) is 19.0. The molecule has 1 aromatic carbocycles. The van der Waals surface area contributed by atoms with Crippen molar-refractivity contribution in [1.29, 1.82) is 0 Å². The van der Waals surface area contributed by atoms with Gasteiger partial charge in [0.05, 0.1) is 5.92 Å². The van der Waals surface area contributed by atoms with Crippen molar-refractivity contribution in [3.05, 3.63) is 52.6 Å². The number of thiazole rings is 1.